The molecule has 0 aliphatic rings. The molecule has 0 nitrogen and oxygen atoms in total. The maximum atomic E-state index is 2.27. The Balaban J connectivity index is 2.54. The summed E-state index contributed by atoms with van der Waals surface area (Å²) >= 11 is 0. The average Bonchev–Trinajstić information content (AvgIpc) is 2.19. The molecule has 1 aromatic carbocycles. The summed E-state index contributed by atoms with van der Waals surface area (Å²) in [7, 11) is 0.824. The van der Waals surface area contributed by atoms with Crippen molar-refractivity contribution in [3.05, 3.63) is 53.7 Å². The fourth-order valence-electron chi connectivity index (χ4n) is 1.38. The van der Waals surface area contributed by atoms with Crippen LogP contribution < -0.4 is 0 Å². The van der Waals surface area contributed by atoms with Gasteiger partial charge in [-0.1, -0.05) is 68.1 Å². The molecule has 0 unspecified atom stereocenters. The summed E-state index contributed by atoms with van der Waals surface area (Å²) in [6.45, 7) is 6.61. The van der Waals surface area contributed by atoms with E-state index in [0.717, 1.165) is 9.52 Å². The number of benzene rings is 1. The summed E-state index contributed by atoms with van der Waals surface area (Å²) in [5.74, 6) is 0. The van der Waals surface area contributed by atoms with Gasteiger partial charge in [0.25, 0.3) is 0 Å². The van der Waals surface area contributed by atoms with E-state index >= 15 is 0 Å². The lowest BCUT2D eigenvalue weighted by Crippen LogP contribution is -2.06. The van der Waals surface area contributed by atoms with Gasteiger partial charge in [0.05, 0.1) is 9.52 Å². The van der Waals surface area contributed by atoms with Crippen molar-refractivity contribution in [1.29, 1.82) is 0 Å². The molecule has 1 rings (SSSR count). The summed E-state index contributed by atoms with van der Waals surface area (Å²) in [5.41, 5.74) is 3.55. The van der Waals surface area contributed by atoms with Gasteiger partial charge in [-0.25, -0.2) is 0 Å². The van der Waals surface area contributed by atoms with Gasteiger partial charge in [0.2, 0.25) is 0 Å². The summed E-state index contributed by atoms with van der Waals surface area (Å²) in [6, 6.07) is 10.4. The highest BCUT2D eigenvalue weighted by atomic mass is 28.2. The van der Waals surface area contributed by atoms with Crippen LogP contribution in [0.25, 0.3) is 6.08 Å². The van der Waals surface area contributed by atoms with E-state index in [1.165, 1.54) is 5.56 Å². The van der Waals surface area contributed by atoms with Gasteiger partial charge in [0, 0.05) is 0 Å². The third kappa shape index (κ3) is 4.80. The third-order valence-corrected chi connectivity index (χ3v) is 3.36. The van der Waals surface area contributed by atoms with E-state index in [4.69, 9.17) is 0 Å². The van der Waals surface area contributed by atoms with E-state index in [1.807, 2.05) is 6.07 Å². The fourth-order valence-corrected chi connectivity index (χ4v) is 2.35. The molecule has 0 aromatic heterocycles. The molecule has 0 spiro atoms. The predicted octanol–water partition coefficient (Wildman–Crippen LogP) is 4.14. The van der Waals surface area contributed by atoms with Gasteiger partial charge in [0.1, 0.15) is 0 Å². The first kappa shape index (κ1) is 12.0. The van der Waals surface area contributed by atoms with Gasteiger partial charge in [0.15, 0.2) is 0 Å². The quantitative estimate of drug-likeness (QED) is 0.522. The summed E-state index contributed by atoms with van der Waals surface area (Å²) in [5, 5.41) is 0.292. The third-order valence-electron chi connectivity index (χ3n) is 2.11. The van der Waals surface area contributed by atoms with Crippen molar-refractivity contribution >= 4 is 15.6 Å². The Hall–Kier alpha value is -1.08. The van der Waals surface area contributed by atoms with Gasteiger partial charge in [-0.15, -0.1) is 0 Å². The zero-order valence-corrected chi connectivity index (χ0v) is 10.7. The Labute approximate surface area is 95.5 Å². The highest BCUT2D eigenvalue weighted by Gasteiger charge is 2.11. The molecule has 0 saturated carbocycles. The summed E-state index contributed by atoms with van der Waals surface area (Å²) < 4.78 is 0. The molecule has 0 fully saturated rings. The van der Waals surface area contributed by atoms with Crippen LogP contribution in [-0.2, 0) is 0 Å². The highest BCUT2D eigenvalue weighted by molar-refractivity contribution is 6.47. The van der Waals surface area contributed by atoms with Crippen LogP contribution in [0.1, 0.15) is 26.3 Å². The molecular weight excluding hydrogens is 196 g/mol. The van der Waals surface area contributed by atoms with Crippen LogP contribution >= 0.6 is 0 Å². The van der Waals surface area contributed by atoms with Gasteiger partial charge in [-0.2, -0.15) is 0 Å². The Morgan fingerprint density at radius 2 is 1.80 bits per heavy atom. The summed E-state index contributed by atoms with van der Waals surface area (Å²) in [6.07, 6.45) is 6.59. The number of rotatable bonds is 4. The van der Waals surface area contributed by atoms with Crippen LogP contribution in [0.5, 0.6) is 0 Å². The van der Waals surface area contributed by atoms with Crippen LogP contribution in [0.2, 0.25) is 5.04 Å². The SMILES string of the molecule is C/C=C/C(C)(C)[Si]/C=C/c1ccccc1. The second-order valence-corrected chi connectivity index (χ2v) is 6.02. The van der Waals surface area contributed by atoms with Crippen molar-refractivity contribution in [2.24, 2.45) is 0 Å². The van der Waals surface area contributed by atoms with Crippen LogP contribution in [0.3, 0.4) is 0 Å². The lowest BCUT2D eigenvalue weighted by molar-refractivity contribution is 0.850. The molecule has 0 aliphatic heterocycles. The van der Waals surface area contributed by atoms with Crippen molar-refractivity contribution in [2.75, 3.05) is 0 Å². The van der Waals surface area contributed by atoms with Crippen molar-refractivity contribution in [3.8, 4) is 0 Å². The average molecular weight is 214 g/mol. The van der Waals surface area contributed by atoms with Crippen LogP contribution in [0.4, 0.5) is 0 Å². The molecule has 78 valence electrons. The van der Waals surface area contributed by atoms with Gasteiger partial charge < -0.3 is 0 Å². The Morgan fingerprint density at radius 3 is 2.40 bits per heavy atom. The highest BCUT2D eigenvalue weighted by Crippen LogP contribution is 2.24. The van der Waals surface area contributed by atoms with Crippen molar-refractivity contribution in [3.63, 3.8) is 0 Å². The normalized spacial score (nSPS) is 12.7. The van der Waals surface area contributed by atoms with Gasteiger partial charge in [-0.05, 0) is 17.5 Å². The van der Waals surface area contributed by atoms with Crippen LogP contribution in [-0.4, -0.2) is 9.52 Å². The number of hydrogen-bond acceptors (Lipinski definition) is 0. The Kier molecular flexibility index (Phi) is 4.57. The largest absolute Gasteiger partial charge is 0.0973 e. The number of hydrogen-bond donors (Lipinski definition) is 0. The van der Waals surface area contributed by atoms with E-state index < -0.39 is 0 Å². The molecule has 0 saturated heterocycles. The van der Waals surface area contributed by atoms with Gasteiger partial charge in [-0.3, -0.25) is 0 Å². The van der Waals surface area contributed by atoms with Crippen molar-refractivity contribution < 1.29 is 0 Å². The lowest BCUT2D eigenvalue weighted by Gasteiger charge is -2.15. The molecule has 15 heavy (non-hydrogen) atoms. The molecule has 2 radical (unpaired) electrons. The minimum Gasteiger partial charge on any atom is -0.0973 e. The Bertz CT molecular complexity index is 334. The molecular formula is C14H18Si. The van der Waals surface area contributed by atoms with Gasteiger partial charge >= 0.3 is 0 Å². The van der Waals surface area contributed by atoms with E-state index in [-0.39, 0.29) is 0 Å². The zero-order valence-electron chi connectivity index (χ0n) is 9.70. The van der Waals surface area contributed by atoms with E-state index in [2.05, 4.69) is 69.0 Å². The van der Waals surface area contributed by atoms with Crippen molar-refractivity contribution in [1.82, 2.24) is 0 Å². The minimum absolute atomic E-state index is 0.292. The monoisotopic (exact) mass is 214 g/mol. The molecule has 1 heteroatoms. The van der Waals surface area contributed by atoms with Crippen LogP contribution in [0, 0.1) is 0 Å². The van der Waals surface area contributed by atoms with E-state index in [0.29, 0.717) is 5.04 Å². The topological polar surface area (TPSA) is 0 Å². The maximum Gasteiger partial charge on any atom is 0.0813 e. The Morgan fingerprint density at radius 1 is 1.13 bits per heavy atom. The molecule has 0 atom stereocenters. The van der Waals surface area contributed by atoms with E-state index in [9.17, 15) is 0 Å². The number of allylic oxidation sites excluding steroid dienone is 2. The molecule has 0 N–H and O–H groups in total. The second-order valence-electron chi connectivity index (χ2n) is 4.11. The zero-order chi connectivity index (χ0) is 11.1. The smallest absolute Gasteiger partial charge is 0.0813 e. The maximum absolute atomic E-state index is 2.27. The standard InChI is InChI=1S/C14H18Si/c1-4-11-14(2,3)15-12-10-13-8-6-5-7-9-13/h4-12H,1-3H3/b11-4+,12-10+. The van der Waals surface area contributed by atoms with E-state index in [1.54, 1.807) is 0 Å². The van der Waals surface area contributed by atoms with Crippen LogP contribution in [0.15, 0.2) is 48.2 Å². The molecule has 0 aliphatic carbocycles. The fraction of sp³-hybridized carbons (Fsp3) is 0.286. The predicted molar refractivity (Wildman–Crippen MR) is 70.1 cm³/mol. The van der Waals surface area contributed by atoms with Crippen molar-refractivity contribution in [2.45, 2.75) is 25.8 Å². The first-order valence-corrected chi connectivity index (χ1v) is 6.35. The second kappa shape index (κ2) is 5.71. The molecule has 0 bridgehead atoms. The minimum atomic E-state index is 0.292. The lowest BCUT2D eigenvalue weighted by atomic mass is 10.2. The molecule has 0 amide bonds. The molecule has 1 aromatic rings. The molecule has 0 heterocycles. The first-order chi connectivity index (χ1) is 7.14. The first-order valence-electron chi connectivity index (χ1n) is 5.27. The summed E-state index contributed by atoms with van der Waals surface area (Å²) in [4.78, 5) is 0.